The maximum atomic E-state index is 12.4. The lowest BCUT2D eigenvalue weighted by atomic mass is 10.3. The lowest BCUT2D eigenvalue weighted by Crippen LogP contribution is -2.39. The molecule has 0 radical (unpaired) electrons. The lowest BCUT2D eigenvalue weighted by molar-refractivity contribution is -0.214. The molecule has 1 aromatic heterocycles. The van der Waals surface area contributed by atoms with Crippen LogP contribution in [0.2, 0.25) is 0 Å². The molecule has 3 unspecified atom stereocenters. The Morgan fingerprint density at radius 3 is 2.41 bits per heavy atom. The van der Waals surface area contributed by atoms with Crippen LogP contribution in [0.3, 0.4) is 0 Å². The predicted molar refractivity (Wildman–Crippen MR) is 150 cm³/mol. The Morgan fingerprint density at radius 1 is 1.19 bits per heavy atom. The number of nitrogens with zero attached hydrogens (tertiary/aromatic N) is 3. The van der Waals surface area contributed by atoms with Crippen LogP contribution in [0.1, 0.15) is 54.2 Å². The summed E-state index contributed by atoms with van der Waals surface area (Å²) in [6.07, 6.45) is 1.52. The molecule has 0 spiro atoms. The van der Waals surface area contributed by atoms with E-state index < -0.39 is 32.1 Å². The van der Waals surface area contributed by atoms with Crippen molar-refractivity contribution in [2.24, 2.45) is 0 Å². The molecule has 1 heterocycles. The first kappa shape index (κ1) is 35.8. The van der Waals surface area contributed by atoms with Crippen LogP contribution in [-0.2, 0) is 26.6 Å². The SMILES string of the molecule is C=CCOCC(OC(COOI)COP(OCCC#N)N(C(C)C)C(C)C)n1ccc(=O)[nH]c1=O.CC. The smallest absolute Gasteiger partial charge is 0.330 e. The van der Waals surface area contributed by atoms with Crippen molar-refractivity contribution in [3.8, 4) is 6.07 Å². The van der Waals surface area contributed by atoms with Gasteiger partial charge in [-0.05, 0) is 27.7 Å². The van der Waals surface area contributed by atoms with E-state index in [0.29, 0.717) is 0 Å². The Hall–Kier alpha value is -1.21. The zero-order valence-electron chi connectivity index (χ0n) is 22.4. The van der Waals surface area contributed by atoms with E-state index in [1.54, 1.807) is 29.1 Å². The summed E-state index contributed by atoms with van der Waals surface area (Å²) in [5, 5.41) is 8.89. The minimum Gasteiger partial charge on any atom is -0.373 e. The largest absolute Gasteiger partial charge is 0.373 e. The Morgan fingerprint density at radius 2 is 1.86 bits per heavy atom. The zero-order chi connectivity index (χ0) is 28.2. The van der Waals surface area contributed by atoms with Gasteiger partial charge in [-0.15, -0.1) is 6.58 Å². The second kappa shape index (κ2) is 21.7. The fourth-order valence-electron chi connectivity index (χ4n) is 3.00. The molecule has 0 fully saturated rings. The molecule has 12 nitrogen and oxygen atoms in total. The highest BCUT2D eigenvalue weighted by Crippen LogP contribution is 2.46. The fourth-order valence-corrected chi connectivity index (χ4v) is 4.79. The molecule has 0 aromatic carbocycles. The highest BCUT2D eigenvalue weighted by Gasteiger charge is 2.29. The van der Waals surface area contributed by atoms with E-state index in [-0.39, 0.29) is 51.5 Å². The molecule has 0 aliphatic rings. The second-order valence-electron chi connectivity index (χ2n) is 7.75. The van der Waals surface area contributed by atoms with Crippen molar-refractivity contribution in [3.63, 3.8) is 0 Å². The highest BCUT2D eigenvalue weighted by molar-refractivity contribution is 14.1. The molecule has 37 heavy (non-hydrogen) atoms. The summed E-state index contributed by atoms with van der Waals surface area (Å²) in [6.45, 7) is 16.2. The van der Waals surface area contributed by atoms with Gasteiger partial charge < -0.3 is 18.5 Å². The van der Waals surface area contributed by atoms with Gasteiger partial charge in [0.2, 0.25) is 0 Å². The second-order valence-corrected chi connectivity index (χ2v) is 9.56. The van der Waals surface area contributed by atoms with Crippen molar-refractivity contribution in [1.82, 2.24) is 14.2 Å². The summed E-state index contributed by atoms with van der Waals surface area (Å²) in [4.78, 5) is 31.2. The van der Waals surface area contributed by atoms with E-state index in [9.17, 15) is 9.59 Å². The van der Waals surface area contributed by atoms with Gasteiger partial charge >= 0.3 is 5.69 Å². The number of nitrogens with one attached hydrogen (secondary N) is 1. The molecular formula is C23H40IN4O8P. The molecule has 0 bridgehead atoms. The molecule has 1 aromatic rings. The zero-order valence-corrected chi connectivity index (χ0v) is 25.5. The van der Waals surface area contributed by atoms with Gasteiger partial charge in [0.1, 0.15) is 12.7 Å². The molecule has 14 heteroatoms. The topological polar surface area (TPSA) is 137 Å². The van der Waals surface area contributed by atoms with Crippen LogP contribution in [0.25, 0.3) is 0 Å². The van der Waals surface area contributed by atoms with Gasteiger partial charge in [-0.1, -0.05) is 19.9 Å². The van der Waals surface area contributed by atoms with Gasteiger partial charge in [0, 0.05) is 24.3 Å². The van der Waals surface area contributed by atoms with E-state index in [0.717, 1.165) is 0 Å². The van der Waals surface area contributed by atoms with Crippen molar-refractivity contribution >= 4 is 31.5 Å². The van der Waals surface area contributed by atoms with Gasteiger partial charge in [-0.2, -0.15) is 8.48 Å². The van der Waals surface area contributed by atoms with Gasteiger partial charge in [-0.3, -0.25) is 14.3 Å². The maximum absolute atomic E-state index is 12.4. The Balaban J connectivity index is 0.00000631. The number of ether oxygens (including phenoxy) is 2. The summed E-state index contributed by atoms with van der Waals surface area (Å²) in [5.41, 5.74) is -1.18. The van der Waals surface area contributed by atoms with E-state index in [1.165, 1.54) is 16.8 Å². The van der Waals surface area contributed by atoms with E-state index in [1.807, 2.05) is 41.5 Å². The summed E-state index contributed by atoms with van der Waals surface area (Å²) >= 11 is 1.59. The van der Waals surface area contributed by atoms with Crippen LogP contribution in [0.4, 0.5) is 0 Å². The van der Waals surface area contributed by atoms with Crippen molar-refractivity contribution in [2.75, 3.05) is 33.0 Å². The summed E-state index contributed by atoms with van der Waals surface area (Å²) in [5.74, 6) is 0. The van der Waals surface area contributed by atoms with Gasteiger partial charge in [0.15, 0.2) is 29.2 Å². The number of hydrogen-bond donors (Lipinski definition) is 1. The number of H-pyrrole nitrogens is 1. The maximum Gasteiger partial charge on any atom is 0.330 e. The van der Waals surface area contributed by atoms with Crippen LogP contribution in [-0.4, -0.2) is 65.4 Å². The Labute approximate surface area is 234 Å². The molecule has 0 saturated carbocycles. The van der Waals surface area contributed by atoms with Gasteiger partial charge in [-0.25, -0.2) is 14.4 Å². The van der Waals surface area contributed by atoms with Crippen LogP contribution in [0.5, 0.6) is 0 Å². The van der Waals surface area contributed by atoms with E-state index in [2.05, 4.69) is 22.3 Å². The molecule has 1 N–H and O–H groups in total. The van der Waals surface area contributed by atoms with Crippen molar-refractivity contribution in [1.29, 1.82) is 5.26 Å². The summed E-state index contributed by atoms with van der Waals surface area (Å²) in [7, 11) is -1.52. The molecular weight excluding hydrogens is 618 g/mol. The lowest BCUT2D eigenvalue weighted by Gasteiger charge is -2.36. The fraction of sp³-hybridized carbons (Fsp3) is 0.696. The van der Waals surface area contributed by atoms with Crippen molar-refractivity contribution < 1.29 is 26.6 Å². The molecule has 0 aliphatic carbocycles. The molecule has 0 saturated heterocycles. The average molecular weight is 658 g/mol. The normalized spacial score (nSPS) is 13.6. The first-order valence-electron chi connectivity index (χ1n) is 12.0. The first-order chi connectivity index (χ1) is 17.7. The monoisotopic (exact) mass is 658 g/mol. The number of rotatable bonds is 19. The van der Waals surface area contributed by atoms with Crippen LogP contribution in [0, 0.1) is 11.3 Å². The van der Waals surface area contributed by atoms with Crippen LogP contribution in [0.15, 0.2) is 34.5 Å². The van der Waals surface area contributed by atoms with Crippen molar-refractivity contribution in [2.45, 2.75) is 72.4 Å². The minimum atomic E-state index is -1.52. The summed E-state index contributed by atoms with van der Waals surface area (Å²) < 4.78 is 31.7. The quantitative estimate of drug-likeness (QED) is 0.0574. The predicted octanol–water partition coefficient (Wildman–Crippen LogP) is 4.24. The number of aromatic amines is 1. The first-order valence-corrected chi connectivity index (χ1v) is 14.0. The third-order valence-electron chi connectivity index (χ3n) is 4.34. The Kier molecular flexibility index (Phi) is 21.0. The third kappa shape index (κ3) is 14.5. The van der Waals surface area contributed by atoms with E-state index >= 15 is 0 Å². The minimum absolute atomic E-state index is 0.00287. The summed E-state index contributed by atoms with van der Waals surface area (Å²) in [6, 6.07) is 3.52. The molecule has 0 amide bonds. The molecule has 3 atom stereocenters. The number of aromatic nitrogens is 2. The van der Waals surface area contributed by atoms with Gasteiger partial charge in [0.05, 0.1) is 38.9 Å². The number of nitriles is 1. The van der Waals surface area contributed by atoms with E-state index in [4.69, 9.17) is 31.9 Å². The number of halogens is 1. The molecule has 1 rings (SSSR count). The highest BCUT2D eigenvalue weighted by atomic mass is 127. The average Bonchev–Trinajstić information content (AvgIpc) is 2.85. The van der Waals surface area contributed by atoms with Crippen molar-refractivity contribution in [3.05, 3.63) is 45.8 Å². The Bertz CT molecular complexity index is 884. The standard InChI is InChI=1S/C21H34IN4O8P.C2H6/c1-6-11-29-15-20(25-10-8-19(27)24-21(25)28)33-18(13-30-34-22)14-32-35(31-12-7-9-23)26(16(2)3)17(4)5;1-2/h6,8,10,16-18,20H,1,7,11-15H2,2-5H3,(H,24,27,28);1-2H3. The van der Waals surface area contributed by atoms with Crippen LogP contribution < -0.4 is 11.2 Å². The van der Waals surface area contributed by atoms with Gasteiger partial charge in [0.25, 0.3) is 14.1 Å². The molecule has 0 aliphatic heterocycles. The molecule has 212 valence electrons. The van der Waals surface area contributed by atoms with Crippen LogP contribution >= 0.6 is 31.5 Å². The number of hydrogen-bond acceptors (Lipinski definition) is 10. The third-order valence-corrected chi connectivity index (χ3v) is 6.67.